The minimum absolute atomic E-state index is 0.0401. The number of anilines is 1. The zero-order valence-corrected chi connectivity index (χ0v) is 12.2. The molecular weight excluding hydrogens is 278 g/mol. The van der Waals surface area contributed by atoms with Crippen molar-refractivity contribution in [1.82, 2.24) is 9.55 Å². The van der Waals surface area contributed by atoms with Crippen molar-refractivity contribution in [3.63, 3.8) is 0 Å². The Labute approximate surface area is 123 Å². The van der Waals surface area contributed by atoms with E-state index < -0.39 is 0 Å². The summed E-state index contributed by atoms with van der Waals surface area (Å²) in [7, 11) is 0. The smallest absolute Gasteiger partial charge is 0.278 e. The van der Waals surface area contributed by atoms with Crippen molar-refractivity contribution in [2.45, 2.75) is 56.6 Å². The fraction of sp³-hybridized carbons (Fsp3) is 0.714. The van der Waals surface area contributed by atoms with Crippen LogP contribution in [0, 0.1) is 0 Å². The molecule has 1 atom stereocenters. The van der Waals surface area contributed by atoms with Gasteiger partial charge in [-0.25, -0.2) is 4.98 Å². The predicted octanol–water partition coefficient (Wildman–Crippen LogP) is 2.53. The molecular formula is C14H20ClN3O2. The molecule has 1 spiro atoms. The van der Waals surface area contributed by atoms with Gasteiger partial charge in [0.05, 0.1) is 11.9 Å². The molecule has 2 fully saturated rings. The molecule has 0 radical (unpaired) electrons. The highest BCUT2D eigenvalue weighted by Gasteiger charge is 2.39. The fourth-order valence-electron chi connectivity index (χ4n) is 3.51. The van der Waals surface area contributed by atoms with Crippen LogP contribution in [0.3, 0.4) is 0 Å². The maximum absolute atomic E-state index is 12.2. The van der Waals surface area contributed by atoms with Crippen molar-refractivity contribution in [2.75, 3.05) is 12.3 Å². The summed E-state index contributed by atoms with van der Waals surface area (Å²) in [6.45, 7) is 0.694. The molecule has 2 aliphatic rings. The van der Waals surface area contributed by atoms with Gasteiger partial charge in [0, 0.05) is 12.6 Å². The van der Waals surface area contributed by atoms with Gasteiger partial charge in [-0.15, -0.1) is 0 Å². The third-order valence-electron chi connectivity index (χ3n) is 4.61. The lowest BCUT2D eigenvalue weighted by molar-refractivity contribution is -0.114. The highest BCUT2D eigenvalue weighted by Crippen LogP contribution is 2.41. The number of nitrogen functional groups attached to an aromatic ring is 1. The lowest BCUT2D eigenvalue weighted by atomic mass is 9.78. The fourth-order valence-corrected chi connectivity index (χ4v) is 3.63. The van der Waals surface area contributed by atoms with E-state index in [0.717, 1.165) is 25.7 Å². The number of ether oxygens (including phenoxy) is 1. The number of nitrogens with zero attached hydrogens (tertiary/aromatic N) is 2. The second kappa shape index (κ2) is 5.37. The summed E-state index contributed by atoms with van der Waals surface area (Å²) < 4.78 is 7.70. The van der Waals surface area contributed by atoms with E-state index in [2.05, 4.69) is 4.98 Å². The molecule has 1 saturated carbocycles. The maximum atomic E-state index is 12.2. The predicted molar refractivity (Wildman–Crippen MR) is 78.0 cm³/mol. The molecule has 2 N–H and O–H groups in total. The summed E-state index contributed by atoms with van der Waals surface area (Å²) in [6, 6.07) is 0.112. The van der Waals surface area contributed by atoms with Crippen LogP contribution in [0.5, 0.6) is 0 Å². The maximum Gasteiger partial charge on any atom is 0.278 e. The Morgan fingerprint density at radius 3 is 2.90 bits per heavy atom. The van der Waals surface area contributed by atoms with E-state index in [-0.39, 0.29) is 28.0 Å². The van der Waals surface area contributed by atoms with E-state index in [4.69, 9.17) is 22.1 Å². The van der Waals surface area contributed by atoms with Crippen molar-refractivity contribution in [3.8, 4) is 0 Å². The van der Waals surface area contributed by atoms with E-state index in [1.807, 2.05) is 0 Å². The van der Waals surface area contributed by atoms with Crippen LogP contribution in [0.15, 0.2) is 11.1 Å². The Kier molecular flexibility index (Phi) is 3.73. The van der Waals surface area contributed by atoms with E-state index in [1.54, 1.807) is 4.57 Å². The zero-order chi connectivity index (χ0) is 14.2. The summed E-state index contributed by atoms with van der Waals surface area (Å²) >= 11 is 5.79. The lowest BCUT2D eigenvalue weighted by Gasteiger charge is -2.43. The van der Waals surface area contributed by atoms with Crippen LogP contribution >= 0.6 is 11.6 Å². The molecule has 3 rings (SSSR count). The zero-order valence-electron chi connectivity index (χ0n) is 11.5. The second-order valence-electron chi connectivity index (χ2n) is 5.90. The molecule has 1 unspecified atom stereocenters. The third-order valence-corrected chi connectivity index (χ3v) is 4.91. The van der Waals surface area contributed by atoms with Crippen molar-refractivity contribution in [1.29, 1.82) is 0 Å². The Bertz CT molecular complexity index is 546. The largest absolute Gasteiger partial charge is 0.392 e. The van der Waals surface area contributed by atoms with Crippen LogP contribution in [-0.4, -0.2) is 21.8 Å². The summed E-state index contributed by atoms with van der Waals surface area (Å²) in [6.07, 6.45) is 9.10. The topological polar surface area (TPSA) is 70.1 Å². The second-order valence-corrected chi connectivity index (χ2v) is 6.26. The van der Waals surface area contributed by atoms with Gasteiger partial charge < -0.3 is 10.5 Å². The normalized spacial score (nSPS) is 25.8. The highest BCUT2D eigenvalue weighted by molar-refractivity contribution is 6.31. The Morgan fingerprint density at radius 2 is 2.15 bits per heavy atom. The Morgan fingerprint density at radius 1 is 1.40 bits per heavy atom. The van der Waals surface area contributed by atoms with Crippen LogP contribution in [-0.2, 0) is 4.74 Å². The molecule has 0 bridgehead atoms. The van der Waals surface area contributed by atoms with E-state index in [0.29, 0.717) is 6.61 Å². The molecule has 0 aromatic carbocycles. The average Bonchev–Trinajstić information content (AvgIpc) is 2.46. The summed E-state index contributed by atoms with van der Waals surface area (Å²) in [5.74, 6) is 0. The van der Waals surface area contributed by atoms with Gasteiger partial charge in [-0.05, 0) is 25.7 Å². The summed E-state index contributed by atoms with van der Waals surface area (Å²) in [5.41, 5.74) is 5.46. The Hall–Kier alpha value is -1.07. The number of hydrogen-bond acceptors (Lipinski definition) is 4. The molecule has 1 aromatic rings. The van der Waals surface area contributed by atoms with Crippen molar-refractivity contribution < 1.29 is 4.74 Å². The minimum Gasteiger partial charge on any atom is -0.392 e. The first kappa shape index (κ1) is 13.9. The number of rotatable bonds is 1. The van der Waals surface area contributed by atoms with Crippen LogP contribution in [0.4, 0.5) is 5.69 Å². The first-order valence-electron chi connectivity index (χ1n) is 7.27. The van der Waals surface area contributed by atoms with Crippen molar-refractivity contribution in [2.24, 2.45) is 0 Å². The molecule has 1 aromatic heterocycles. The number of halogens is 1. The molecule has 1 aliphatic heterocycles. The average molecular weight is 298 g/mol. The number of hydrogen-bond donors (Lipinski definition) is 1. The van der Waals surface area contributed by atoms with Crippen molar-refractivity contribution >= 4 is 17.3 Å². The molecule has 110 valence electrons. The minimum atomic E-state index is -0.233. The molecule has 20 heavy (non-hydrogen) atoms. The van der Waals surface area contributed by atoms with E-state index in [1.165, 1.54) is 25.6 Å². The molecule has 0 amide bonds. The van der Waals surface area contributed by atoms with Crippen LogP contribution in [0.25, 0.3) is 0 Å². The summed E-state index contributed by atoms with van der Waals surface area (Å²) in [4.78, 5) is 16.2. The van der Waals surface area contributed by atoms with Gasteiger partial charge in [0.15, 0.2) is 5.15 Å². The first-order valence-corrected chi connectivity index (χ1v) is 7.65. The van der Waals surface area contributed by atoms with Crippen molar-refractivity contribution in [3.05, 3.63) is 21.8 Å². The highest BCUT2D eigenvalue weighted by atomic mass is 35.5. The monoisotopic (exact) mass is 297 g/mol. The number of nitrogens with two attached hydrogens (primary N) is 1. The van der Waals surface area contributed by atoms with Crippen LogP contribution in [0.1, 0.15) is 51.0 Å². The quantitative estimate of drug-likeness (QED) is 0.809. The van der Waals surface area contributed by atoms with Crippen LogP contribution in [0.2, 0.25) is 5.15 Å². The Balaban J connectivity index is 1.87. The summed E-state index contributed by atoms with van der Waals surface area (Å²) in [5, 5.41) is 0.0886. The van der Waals surface area contributed by atoms with Gasteiger partial charge >= 0.3 is 0 Å². The molecule has 1 aliphatic carbocycles. The molecule has 5 nitrogen and oxygen atoms in total. The van der Waals surface area contributed by atoms with Gasteiger partial charge in [-0.2, -0.15) is 0 Å². The van der Waals surface area contributed by atoms with E-state index in [9.17, 15) is 4.79 Å². The molecule has 1 saturated heterocycles. The van der Waals surface area contributed by atoms with Crippen LogP contribution < -0.4 is 11.3 Å². The van der Waals surface area contributed by atoms with Gasteiger partial charge in [-0.1, -0.05) is 30.9 Å². The SMILES string of the molecule is Nc1c(Cl)ncn(C2CCOC3(CCCCC3)C2)c1=O. The standard InChI is InChI=1S/C14H20ClN3O2/c15-12-11(16)13(19)18(9-17-12)10-4-7-20-14(8-10)5-2-1-3-6-14/h9-10H,1-8,16H2. The van der Waals surface area contributed by atoms with Gasteiger partial charge in [0.25, 0.3) is 5.56 Å². The van der Waals surface area contributed by atoms with E-state index >= 15 is 0 Å². The molecule has 2 heterocycles. The first-order chi connectivity index (χ1) is 9.61. The van der Waals surface area contributed by atoms with Gasteiger partial charge in [0.2, 0.25) is 0 Å². The van der Waals surface area contributed by atoms with Gasteiger partial charge in [-0.3, -0.25) is 9.36 Å². The molecule has 6 heteroatoms. The van der Waals surface area contributed by atoms with Gasteiger partial charge in [0.1, 0.15) is 5.69 Å². The number of aromatic nitrogens is 2. The lowest BCUT2D eigenvalue weighted by Crippen LogP contribution is -2.44. The third kappa shape index (κ3) is 2.44.